The number of carbonyl (C=O) groups excluding carboxylic acids is 1. The molecule has 0 unspecified atom stereocenters. The molecule has 6 heteroatoms. The van der Waals surface area contributed by atoms with E-state index in [-0.39, 0.29) is 5.91 Å². The molecule has 3 rings (SSSR count). The second kappa shape index (κ2) is 2.88. The van der Waals surface area contributed by atoms with E-state index in [9.17, 15) is 4.79 Å². The van der Waals surface area contributed by atoms with Gasteiger partial charge in [-0.3, -0.25) is 9.36 Å². The molecule has 0 bridgehead atoms. The molecule has 1 aliphatic rings. The van der Waals surface area contributed by atoms with E-state index in [1.165, 1.54) is 6.33 Å². The highest BCUT2D eigenvalue weighted by Crippen LogP contribution is 2.24. The van der Waals surface area contributed by atoms with Crippen molar-refractivity contribution in [3.05, 3.63) is 30.6 Å². The van der Waals surface area contributed by atoms with E-state index in [0.717, 1.165) is 5.56 Å². The summed E-state index contributed by atoms with van der Waals surface area (Å²) in [5.41, 5.74) is 0.820. The van der Waals surface area contributed by atoms with E-state index in [0.29, 0.717) is 18.1 Å². The maximum atomic E-state index is 11.2. The Hall–Kier alpha value is -2.24. The van der Waals surface area contributed by atoms with E-state index >= 15 is 0 Å². The van der Waals surface area contributed by atoms with Crippen LogP contribution in [-0.4, -0.2) is 25.4 Å². The summed E-state index contributed by atoms with van der Waals surface area (Å²) in [6.07, 6.45) is 6.85. The summed E-state index contributed by atoms with van der Waals surface area (Å²) in [6.45, 7) is 0. The molecule has 0 atom stereocenters. The fourth-order valence-corrected chi connectivity index (χ4v) is 1.62. The summed E-state index contributed by atoms with van der Waals surface area (Å²) >= 11 is 0. The Kier molecular flexibility index (Phi) is 1.55. The van der Waals surface area contributed by atoms with Gasteiger partial charge in [0.1, 0.15) is 24.3 Å². The largest absolute Gasteiger partial charge is 0.310 e. The molecule has 2 aromatic rings. The zero-order valence-corrected chi connectivity index (χ0v) is 7.71. The molecule has 15 heavy (non-hydrogen) atoms. The number of carbonyl (C=O) groups is 1. The van der Waals surface area contributed by atoms with E-state index in [1.807, 2.05) is 0 Å². The number of fused-ring (bicyclic) bond motifs is 1. The molecule has 2 aromatic heterocycles. The van der Waals surface area contributed by atoms with Gasteiger partial charge in [0.2, 0.25) is 5.91 Å². The third-order valence-electron chi connectivity index (χ3n) is 2.27. The van der Waals surface area contributed by atoms with Crippen LogP contribution in [0.1, 0.15) is 5.56 Å². The van der Waals surface area contributed by atoms with Gasteiger partial charge in [0.25, 0.3) is 0 Å². The normalized spacial score (nSPS) is 13.7. The highest BCUT2D eigenvalue weighted by Gasteiger charge is 2.23. The molecule has 1 amide bonds. The maximum Gasteiger partial charge on any atom is 0.230 e. The molecule has 1 N–H and O–H groups in total. The molecule has 0 fully saturated rings. The highest BCUT2D eigenvalue weighted by molar-refractivity contribution is 5.98. The fraction of sp³-hybridized carbons (Fsp3) is 0.111. The van der Waals surface area contributed by atoms with E-state index in [2.05, 4.69) is 20.3 Å². The van der Waals surface area contributed by atoms with Crippen molar-refractivity contribution in [3.8, 4) is 5.82 Å². The molecule has 0 radical (unpaired) electrons. The van der Waals surface area contributed by atoms with Crippen molar-refractivity contribution in [2.45, 2.75) is 6.42 Å². The predicted molar refractivity (Wildman–Crippen MR) is 51.5 cm³/mol. The lowest BCUT2D eigenvalue weighted by Crippen LogP contribution is -2.04. The van der Waals surface area contributed by atoms with E-state index in [1.54, 1.807) is 23.3 Å². The molecule has 1 aliphatic heterocycles. The van der Waals surface area contributed by atoms with Crippen molar-refractivity contribution in [2.75, 3.05) is 5.32 Å². The van der Waals surface area contributed by atoms with Crippen molar-refractivity contribution >= 4 is 11.7 Å². The first-order chi connectivity index (χ1) is 7.34. The average molecular weight is 201 g/mol. The SMILES string of the molecule is O=C1Cc2c(ncnc2-n2ccnc2)N1. The predicted octanol–water partition coefficient (Wildman–Crippen LogP) is 0.157. The number of hydrogen-bond acceptors (Lipinski definition) is 4. The first-order valence-electron chi connectivity index (χ1n) is 4.46. The van der Waals surface area contributed by atoms with Gasteiger partial charge in [-0.15, -0.1) is 0 Å². The van der Waals surface area contributed by atoms with Crippen molar-refractivity contribution in [2.24, 2.45) is 0 Å². The van der Waals surface area contributed by atoms with Gasteiger partial charge < -0.3 is 5.32 Å². The van der Waals surface area contributed by atoms with Gasteiger partial charge in [0.15, 0.2) is 0 Å². The quantitative estimate of drug-likeness (QED) is 0.713. The van der Waals surface area contributed by atoms with Crippen LogP contribution in [0.5, 0.6) is 0 Å². The molecular formula is C9H7N5O. The number of hydrogen-bond donors (Lipinski definition) is 1. The van der Waals surface area contributed by atoms with Crippen LogP contribution in [-0.2, 0) is 11.2 Å². The Bertz CT molecular complexity index is 519. The van der Waals surface area contributed by atoms with Crippen molar-refractivity contribution in [3.63, 3.8) is 0 Å². The summed E-state index contributed by atoms with van der Waals surface area (Å²) in [5, 5.41) is 2.68. The van der Waals surface area contributed by atoms with Crippen molar-refractivity contribution in [1.82, 2.24) is 19.5 Å². The van der Waals surface area contributed by atoms with Crippen LogP contribution in [0.4, 0.5) is 5.82 Å². The number of nitrogens with zero attached hydrogens (tertiary/aromatic N) is 4. The minimum absolute atomic E-state index is 0.0492. The monoisotopic (exact) mass is 201 g/mol. The van der Waals surface area contributed by atoms with Crippen LogP contribution in [0.25, 0.3) is 5.82 Å². The third kappa shape index (κ3) is 1.18. The summed E-state index contributed by atoms with van der Waals surface area (Å²) in [6, 6.07) is 0. The molecular weight excluding hydrogens is 194 g/mol. The molecule has 0 aromatic carbocycles. The van der Waals surface area contributed by atoms with Gasteiger partial charge in [0.05, 0.1) is 6.42 Å². The molecule has 0 aliphatic carbocycles. The number of amides is 1. The number of anilines is 1. The third-order valence-corrected chi connectivity index (χ3v) is 2.27. The highest BCUT2D eigenvalue weighted by atomic mass is 16.1. The molecule has 0 saturated heterocycles. The number of rotatable bonds is 1. The number of aromatic nitrogens is 4. The van der Waals surface area contributed by atoms with Crippen LogP contribution >= 0.6 is 0 Å². The van der Waals surface area contributed by atoms with Crippen molar-refractivity contribution in [1.29, 1.82) is 0 Å². The number of imidazole rings is 1. The van der Waals surface area contributed by atoms with E-state index in [4.69, 9.17) is 0 Å². The van der Waals surface area contributed by atoms with Gasteiger partial charge >= 0.3 is 0 Å². The zero-order chi connectivity index (χ0) is 10.3. The Morgan fingerprint density at radius 1 is 1.40 bits per heavy atom. The van der Waals surface area contributed by atoms with Crippen LogP contribution in [0.2, 0.25) is 0 Å². The second-order valence-electron chi connectivity index (χ2n) is 3.22. The van der Waals surface area contributed by atoms with E-state index < -0.39 is 0 Å². The minimum Gasteiger partial charge on any atom is -0.310 e. The summed E-state index contributed by atoms with van der Waals surface area (Å²) in [4.78, 5) is 23.3. The summed E-state index contributed by atoms with van der Waals surface area (Å²) in [7, 11) is 0. The zero-order valence-electron chi connectivity index (χ0n) is 7.71. The Morgan fingerprint density at radius 3 is 3.13 bits per heavy atom. The van der Waals surface area contributed by atoms with Crippen LogP contribution in [0, 0.1) is 0 Å². The topological polar surface area (TPSA) is 72.7 Å². The molecule has 0 spiro atoms. The van der Waals surface area contributed by atoms with Gasteiger partial charge in [-0.05, 0) is 0 Å². The molecule has 6 nitrogen and oxygen atoms in total. The number of nitrogens with one attached hydrogen (secondary N) is 1. The Balaban J connectivity index is 2.19. The second-order valence-corrected chi connectivity index (χ2v) is 3.22. The first kappa shape index (κ1) is 8.10. The average Bonchev–Trinajstić information content (AvgIpc) is 2.82. The Morgan fingerprint density at radius 2 is 2.33 bits per heavy atom. The maximum absolute atomic E-state index is 11.2. The Labute approximate surface area is 85.0 Å². The van der Waals surface area contributed by atoms with Gasteiger partial charge in [-0.2, -0.15) is 0 Å². The summed E-state index contributed by atoms with van der Waals surface area (Å²) < 4.78 is 1.76. The van der Waals surface area contributed by atoms with Crippen LogP contribution in [0.15, 0.2) is 25.0 Å². The summed E-state index contributed by atoms with van der Waals surface area (Å²) in [5.74, 6) is 1.25. The van der Waals surface area contributed by atoms with Crippen LogP contribution in [0.3, 0.4) is 0 Å². The van der Waals surface area contributed by atoms with Gasteiger partial charge in [0, 0.05) is 18.0 Å². The molecule has 3 heterocycles. The lowest BCUT2D eigenvalue weighted by atomic mass is 10.2. The lowest BCUT2D eigenvalue weighted by molar-refractivity contribution is -0.115. The van der Waals surface area contributed by atoms with Crippen LogP contribution < -0.4 is 5.32 Å². The minimum atomic E-state index is -0.0492. The van der Waals surface area contributed by atoms with Gasteiger partial charge in [-0.1, -0.05) is 0 Å². The standard InChI is InChI=1S/C9H7N5O/c15-7-3-6-8(13-7)11-4-12-9(6)14-2-1-10-5-14/h1-2,4-5H,3H2,(H,11,12,13,15). The molecule has 74 valence electrons. The first-order valence-corrected chi connectivity index (χ1v) is 4.46. The van der Waals surface area contributed by atoms with Crippen molar-refractivity contribution < 1.29 is 4.79 Å². The molecule has 0 saturated carbocycles. The lowest BCUT2D eigenvalue weighted by Gasteiger charge is -2.04. The smallest absolute Gasteiger partial charge is 0.230 e. The van der Waals surface area contributed by atoms with Gasteiger partial charge in [-0.25, -0.2) is 15.0 Å². The fourth-order valence-electron chi connectivity index (χ4n) is 1.62.